The highest BCUT2D eigenvalue weighted by Crippen LogP contribution is 2.37. The van der Waals surface area contributed by atoms with E-state index >= 15 is 0 Å². The van der Waals surface area contributed by atoms with Crippen molar-refractivity contribution in [3.8, 4) is 0 Å². The summed E-state index contributed by atoms with van der Waals surface area (Å²) in [5.41, 5.74) is 1.61. The fourth-order valence-corrected chi connectivity index (χ4v) is 3.10. The molecule has 2 N–H and O–H groups in total. The van der Waals surface area contributed by atoms with Gasteiger partial charge < -0.3 is 19.7 Å². The highest BCUT2D eigenvalue weighted by molar-refractivity contribution is 5.92. The number of aliphatic hydroxyl groups is 2. The molecule has 2 aliphatic rings. The van der Waals surface area contributed by atoms with Crippen LogP contribution in [0, 0.1) is 5.92 Å². The van der Waals surface area contributed by atoms with E-state index in [2.05, 4.69) is 13.2 Å². The van der Waals surface area contributed by atoms with Crippen molar-refractivity contribution in [3.05, 3.63) is 47.6 Å². The number of hydrogen-bond donors (Lipinski definition) is 2. The molecule has 1 saturated heterocycles. The Morgan fingerprint density at radius 1 is 1.35 bits per heavy atom. The first-order valence-corrected chi connectivity index (χ1v) is 8.61. The molecule has 0 amide bonds. The zero-order valence-electron chi connectivity index (χ0n) is 15.4. The van der Waals surface area contributed by atoms with E-state index in [1.54, 1.807) is 32.9 Å². The molecule has 0 aromatic rings. The van der Waals surface area contributed by atoms with Gasteiger partial charge in [0, 0.05) is 24.0 Å². The normalized spacial score (nSPS) is 33.3. The minimum Gasteiger partial charge on any atom is -0.458 e. The third kappa shape index (κ3) is 4.14. The van der Waals surface area contributed by atoms with Gasteiger partial charge in [-0.1, -0.05) is 19.2 Å². The molecular weight excluding hydrogens is 336 g/mol. The van der Waals surface area contributed by atoms with E-state index in [4.69, 9.17) is 9.47 Å². The summed E-state index contributed by atoms with van der Waals surface area (Å²) in [7, 11) is 0. The summed E-state index contributed by atoms with van der Waals surface area (Å²) in [4.78, 5) is 24.3. The molecule has 1 aliphatic heterocycles. The number of carbonyl (C=O) groups is 2. The number of esters is 2. The summed E-state index contributed by atoms with van der Waals surface area (Å²) in [6.45, 7) is 12.7. The third-order valence-corrected chi connectivity index (χ3v) is 5.01. The van der Waals surface area contributed by atoms with Crippen LogP contribution in [0.3, 0.4) is 0 Å². The predicted octanol–water partition coefficient (Wildman–Crippen LogP) is 1.98. The van der Waals surface area contributed by atoms with Crippen molar-refractivity contribution < 1.29 is 29.3 Å². The third-order valence-electron chi connectivity index (χ3n) is 5.01. The molecule has 0 saturated carbocycles. The molecule has 0 aromatic heterocycles. The summed E-state index contributed by atoms with van der Waals surface area (Å²) in [5.74, 6) is -1.68. The second-order valence-electron chi connectivity index (χ2n) is 6.88. The Kier molecular flexibility index (Phi) is 6.21. The SMILES string of the molecule is C=C1CC(OC(=O)C(C)=CC)C2C(=C)C(=O)OC2C=C(C)C(O)CC1O. The summed E-state index contributed by atoms with van der Waals surface area (Å²) >= 11 is 0. The van der Waals surface area contributed by atoms with Crippen LogP contribution >= 0.6 is 0 Å². The van der Waals surface area contributed by atoms with Gasteiger partial charge in [0.05, 0.1) is 18.1 Å². The van der Waals surface area contributed by atoms with Crippen molar-refractivity contribution in [2.45, 2.75) is 58.0 Å². The van der Waals surface area contributed by atoms with Crippen molar-refractivity contribution in [1.29, 1.82) is 0 Å². The molecular formula is C20H26O6. The quantitative estimate of drug-likeness (QED) is 0.443. The van der Waals surface area contributed by atoms with Gasteiger partial charge in [-0.05, 0) is 38.0 Å². The van der Waals surface area contributed by atoms with E-state index in [0.29, 0.717) is 16.7 Å². The topological polar surface area (TPSA) is 93.1 Å². The van der Waals surface area contributed by atoms with Crippen LogP contribution in [0.2, 0.25) is 0 Å². The van der Waals surface area contributed by atoms with Crippen molar-refractivity contribution in [2.75, 3.05) is 0 Å². The highest BCUT2D eigenvalue weighted by Gasteiger charge is 2.45. The van der Waals surface area contributed by atoms with Gasteiger partial charge in [0.2, 0.25) is 0 Å². The lowest BCUT2D eigenvalue weighted by Gasteiger charge is -2.30. The second-order valence-corrected chi connectivity index (χ2v) is 6.88. The molecule has 0 spiro atoms. The zero-order valence-corrected chi connectivity index (χ0v) is 15.4. The number of hydrogen-bond acceptors (Lipinski definition) is 6. The number of fused-ring (bicyclic) bond motifs is 1. The molecule has 5 atom stereocenters. The first-order chi connectivity index (χ1) is 12.1. The zero-order chi connectivity index (χ0) is 19.6. The van der Waals surface area contributed by atoms with Crippen LogP contribution in [-0.2, 0) is 19.1 Å². The fourth-order valence-electron chi connectivity index (χ4n) is 3.10. The summed E-state index contributed by atoms with van der Waals surface area (Å²) in [6.07, 6.45) is 0.173. The number of carbonyl (C=O) groups excluding carboxylic acids is 2. The predicted molar refractivity (Wildman–Crippen MR) is 96.0 cm³/mol. The lowest BCUT2D eigenvalue weighted by atomic mass is 9.83. The molecule has 6 nitrogen and oxygen atoms in total. The van der Waals surface area contributed by atoms with Crippen LogP contribution in [-0.4, -0.2) is 46.6 Å². The smallest absolute Gasteiger partial charge is 0.334 e. The fraction of sp³-hybridized carbons (Fsp3) is 0.500. The van der Waals surface area contributed by atoms with Gasteiger partial charge >= 0.3 is 11.9 Å². The van der Waals surface area contributed by atoms with Gasteiger partial charge in [-0.2, -0.15) is 0 Å². The average Bonchev–Trinajstić information content (AvgIpc) is 2.86. The van der Waals surface area contributed by atoms with E-state index in [1.807, 2.05) is 0 Å². The van der Waals surface area contributed by atoms with Crippen LogP contribution < -0.4 is 0 Å². The van der Waals surface area contributed by atoms with Crippen molar-refractivity contribution in [2.24, 2.45) is 5.92 Å². The van der Waals surface area contributed by atoms with Gasteiger partial charge in [0.15, 0.2) is 0 Å². The minimum atomic E-state index is -0.958. The Labute approximate surface area is 153 Å². The maximum absolute atomic E-state index is 12.3. The van der Waals surface area contributed by atoms with Crippen molar-refractivity contribution >= 4 is 11.9 Å². The molecule has 1 heterocycles. The second kappa shape index (κ2) is 8.01. The Morgan fingerprint density at radius 3 is 2.62 bits per heavy atom. The molecule has 0 aromatic carbocycles. The van der Waals surface area contributed by atoms with Gasteiger partial charge in [-0.25, -0.2) is 9.59 Å². The number of aliphatic hydroxyl groups excluding tert-OH is 2. The van der Waals surface area contributed by atoms with E-state index in [9.17, 15) is 19.8 Å². The van der Waals surface area contributed by atoms with Crippen LogP contribution in [0.5, 0.6) is 0 Å². The van der Waals surface area contributed by atoms with E-state index in [-0.39, 0.29) is 18.4 Å². The molecule has 5 unspecified atom stereocenters. The average molecular weight is 362 g/mol. The lowest BCUT2D eigenvalue weighted by Crippen LogP contribution is -2.36. The minimum absolute atomic E-state index is 0.0714. The van der Waals surface area contributed by atoms with Crippen LogP contribution in [0.15, 0.2) is 47.6 Å². The van der Waals surface area contributed by atoms with E-state index < -0.39 is 42.3 Å². The largest absolute Gasteiger partial charge is 0.458 e. The maximum atomic E-state index is 12.3. The van der Waals surface area contributed by atoms with Gasteiger partial charge in [-0.15, -0.1) is 0 Å². The van der Waals surface area contributed by atoms with E-state index in [1.165, 1.54) is 0 Å². The van der Waals surface area contributed by atoms with Crippen LogP contribution in [0.4, 0.5) is 0 Å². The molecule has 26 heavy (non-hydrogen) atoms. The summed E-state index contributed by atoms with van der Waals surface area (Å²) in [6, 6.07) is 0. The number of ether oxygens (including phenoxy) is 2. The monoisotopic (exact) mass is 362 g/mol. The standard InChI is InChI=1S/C20H26O6/c1-6-10(2)19(23)25-16-7-11(3)14(21)9-15(22)12(4)8-17-18(16)13(5)20(24)26-17/h6,8,14-18,21-22H,3,5,7,9H2,1-2,4H3. The van der Waals surface area contributed by atoms with Crippen LogP contribution in [0.1, 0.15) is 33.6 Å². The molecule has 6 heteroatoms. The molecule has 0 radical (unpaired) electrons. The first-order valence-electron chi connectivity index (χ1n) is 8.61. The lowest BCUT2D eigenvalue weighted by molar-refractivity contribution is -0.147. The summed E-state index contributed by atoms with van der Waals surface area (Å²) in [5, 5.41) is 20.5. The highest BCUT2D eigenvalue weighted by atomic mass is 16.6. The Balaban J connectivity index is 2.45. The molecule has 142 valence electrons. The van der Waals surface area contributed by atoms with Gasteiger partial charge in [-0.3, -0.25) is 0 Å². The molecule has 1 fully saturated rings. The van der Waals surface area contributed by atoms with Crippen molar-refractivity contribution in [3.63, 3.8) is 0 Å². The van der Waals surface area contributed by atoms with E-state index in [0.717, 1.165) is 0 Å². The Morgan fingerprint density at radius 2 is 2.00 bits per heavy atom. The van der Waals surface area contributed by atoms with Crippen LogP contribution in [0.25, 0.3) is 0 Å². The van der Waals surface area contributed by atoms with Gasteiger partial charge in [0.25, 0.3) is 0 Å². The van der Waals surface area contributed by atoms with Crippen molar-refractivity contribution in [1.82, 2.24) is 0 Å². The Hall–Kier alpha value is -2.18. The summed E-state index contributed by atoms with van der Waals surface area (Å²) < 4.78 is 11.0. The Bertz CT molecular complexity index is 686. The maximum Gasteiger partial charge on any atom is 0.334 e. The molecule has 2 rings (SSSR count). The number of rotatable bonds is 2. The number of allylic oxidation sites excluding steroid dienone is 1. The molecule has 0 bridgehead atoms. The molecule has 1 aliphatic carbocycles. The first kappa shape index (κ1) is 20.1. The van der Waals surface area contributed by atoms with Gasteiger partial charge in [0.1, 0.15) is 12.2 Å².